The zero-order chi connectivity index (χ0) is 19.1. The standard InChI is InChI=1S/C17H22F2N2O4S/c1-20(2)17(22)14-9-15-13(7-8-25-15)21(14)26(23,24)10-11-3-5-12(6-4-11)16(18)19/h3-6,13-16H,7-10H2,1-2H3/t13-,14?,15-/m0/s1. The zero-order valence-corrected chi connectivity index (χ0v) is 15.5. The summed E-state index contributed by atoms with van der Waals surface area (Å²) in [5, 5.41) is 0. The molecule has 2 aliphatic heterocycles. The number of alkyl halides is 2. The Morgan fingerprint density at radius 2 is 1.96 bits per heavy atom. The van der Waals surface area contributed by atoms with Crippen molar-refractivity contribution in [3.05, 3.63) is 35.4 Å². The molecule has 2 fully saturated rings. The number of likely N-dealkylation sites (N-methyl/N-ethyl adjacent to an activating group) is 1. The third-order valence-electron chi connectivity index (χ3n) is 4.89. The lowest BCUT2D eigenvalue weighted by Crippen LogP contribution is -2.49. The predicted octanol–water partition coefficient (Wildman–Crippen LogP) is 1.77. The van der Waals surface area contributed by atoms with Crippen LogP contribution in [0.2, 0.25) is 0 Å². The second-order valence-electron chi connectivity index (χ2n) is 6.88. The number of halogens is 2. The van der Waals surface area contributed by atoms with Crippen molar-refractivity contribution in [3.63, 3.8) is 0 Å². The molecule has 144 valence electrons. The minimum absolute atomic E-state index is 0.155. The third-order valence-corrected chi connectivity index (χ3v) is 6.76. The summed E-state index contributed by atoms with van der Waals surface area (Å²) >= 11 is 0. The molecule has 0 bridgehead atoms. The van der Waals surface area contributed by atoms with Crippen LogP contribution in [0.3, 0.4) is 0 Å². The number of fused-ring (bicyclic) bond motifs is 1. The van der Waals surface area contributed by atoms with E-state index in [1.54, 1.807) is 14.1 Å². The van der Waals surface area contributed by atoms with Crippen molar-refractivity contribution in [2.75, 3.05) is 20.7 Å². The number of amides is 1. The highest BCUT2D eigenvalue weighted by Gasteiger charge is 2.52. The van der Waals surface area contributed by atoms with Gasteiger partial charge < -0.3 is 9.64 Å². The van der Waals surface area contributed by atoms with Crippen LogP contribution < -0.4 is 0 Å². The van der Waals surface area contributed by atoms with Gasteiger partial charge in [0.25, 0.3) is 6.43 Å². The predicted molar refractivity (Wildman–Crippen MR) is 91.1 cm³/mol. The first-order valence-corrected chi connectivity index (χ1v) is 10.0. The zero-order valence-electron chi connectivity index (χ0n) is 14.6. The first kappa shape index (κ1) is 19.2. The fourth-order valence-corrected chi connectivity index (χ4v) is 5.64. The number of hydrogen-bond acceptors (Lipinski definition) is 4. The Morgan fingerprint density at radius 3 is 2.54 bits per heavy atom. The van der Waals surface area contributed by atoms with Crippen molar-refractivity contribution in [2.45, 2.75) is 43.2 Å². The molecule has 0 saturated carbocycles. The third kappa shape index (κ3) is 3.60. The van der Waals surface area contributed by atoms with Crippen molar-refractivity contribution >= 4 is 15.9 Å². The highest BCUT2D eigenvalue weighted by Crippen LogP contribution is 2.37. The van der Waals surface area contributed by atoms with Gasteiger partial charge in [0, 0.05) is 32.7 Å². The molecule has 0 aromatic heterocycles. The molecule has 3 atom stereocenters. The van der Waals surface area contributed by atoms with Gasteiger partial charge in [-0.05, 0) is 12.0 Å². The molecular formula is C17H22F2N2O4S. The van der Waals surface area contributed by atoms with Gasteiger partial charge in [-0.2, -0.15) is 4.31 Å². The maximum atomic E-state index is 13.1. The molecule has 0 spiro atoms. The van der Waals surface area contributed by atoms with Crippen LogP contribution in [0.4, 0.5) is 8.78 Å². The molecule has 1 aromatic carbocycles. The fraction of sp³-hybridized carbons (Fsp3) is 0.588. The van der Waals surface area contributed by atoms with Gasteiger partial charge in [-0.15, -0.1) is 0 Å². The fourth-order valence-electron chi connectivity index (χ4n) is 3.66. The lowest BCUT2D eigenvalue weighted by Gasteiger charge is -2.29. The molecule has 9 heteroatoms. The van der Waals surface area contributed by atoms with Gasteiger partial charge >= 0.3 is 0 Å². The summed E-state index contributed by atoms with van der Waals surface area (Å²) in [6.45, 7) is 0.466. The summed E-state index contributed by atoms with van der Waals surface area (Å²) in [5.41, 5.74) is 0.255. The van der Waals surface area contributed by atoms with Crippen molar-refractivity contribution in [1.82, 2.24) is 9.21 Å². The minimum Gasteiger partial charge on any atom is -0.376 e. The number of carbonyl (C=O) groups is 1. The molecule has 2 heterocycles. The molecule has 0 N–H and O–H groups in total. The molecule has 0 radical (unpaired) electrons. The monoisotopic (exact) mass is 388 g/mol. The highest BCUT2D eigenvalue weighted by atomic mass is 32.2. The largest absolute Gasteiger partial charge is 0.376 e. The van der Waals surface area contributed by atoms with E-state index in [0.717, 1.165) is 0 Å². The Hall–Kier alpha value is -1.58. The van der Waals surface area contributed by atoms with E-state index in [1.165, 1.54) is 33.5 Å². The Balaban J connectivity index is 1.86. The molecular weight excluding hydrogens is 366 g/mol. The van der Waals surface area contributed by atoms with E-state index in [2.05, 4.69) is 0 Å². The topological polar surface area (TPSA) is 66.9 Å². The maximum Gasteiger partial charge on any atom is 0.263 e. The molecule has 2 aliphatic rings. The van der Waals surface area contributed by atoms with E-state index in [-0.39, 0.29) is 29.4 Å². The molecule has 1 aromatic rings. The molecule has 1 unspecified atom stereocenters. The smallest absolute Gasteiger partial charge is 0.263 e. The van der Waals surface area contributed by atoms with Crippen LogP contribution >= 0.6 is 0 Å². The summed E-state index contributed by atoms with van der Waals surface area (Å²) in [4.78, 5) is 13.9. The Morgan fingerprint density at radius 1 is 1.31 bits per heavy atom. The average molecular weight is 388 g/mol. The van der Waals surface area contributed by atoms with Gasteiger partial charge in [0.05, 0.1) is 17.9 Å². The van der Waals surface area contributed by atoms with Crippen LogP contribution in [0.25, 0.3) is 0 Å². The minimum atomic E-state index is -3.81. The van der Waals surface area contributed by atoms with E-state index in [0.29, 0.717) is 25.0 Å². The quantitative estimate of drug-likeness (QED) is 0.771. The molecule has 1 amide bonds. The number of sulfonamides is 1. The number of hydrogen-bond donors (Lipinski definition) is 0. The summed E-state index contributed by atoms with van der Waals surface area (Å²) in [6, 6.07) is 4.09. The SMILES string of the molecule is CN(C)C(=O)C1C[C@@H]2OCC[C@@H]2N1S(=O)(=O)Cc1ccc(C(F)F)cc1. The number of ether oxygens (including phenoxy) is 1. The van der Waals surface area contributed by atoms with E-state index in [9.17, 15) is 22.0 Å². The maximum absolute atomic E-state index is 13.1. The van der Waals surface area contributed by atoms with Gasteiger partial charge in [0.1, 0.15) is 6.04 Å². The van der Waals surface area contributed by atoms with Gasteiger partial charge in [0.15, 0.2) is 0 Å². The van der Waals surface area contributed by atoms with E-state index in [4.69, 9.17) is 4.74 Å². The summed E-state index contributed by atoms with van der Waals surface area (Å²) < 4.78 is 58.3. The first-order chi connectivity index (χ1) is 12.2. The molecule has 6 nitrogen and oxygen atoms in total. The molecule has 3 rings (SSSR count). The summed E-state index contributed by atoms with van der Waals surface area (Å²) in [7, 11) is -0.633. The second kappa shape index (κ2) is 7.21. The summed E-state index contributed by atoms with van der Waals surface area (Å²) in [6.07, 6.45) is -1.99. The van der Waals surface area contributed by atoms with Crippen LogP contribution in [0.15, 0.2) is 24.3 Å². The lowest BCUT2D eigenvalue weighted by atomic mass is 10.1. The van der Waals surface area contributed by atoms with Gasteiger partial charge in [0.2, 0.25) is 15.9 Å². The number of rotatable bonds is 5. The second-order valence-corrected chi connectivity index (χ2v) is 8.75. The number of benzene rings is 1. The van der Waals surface area contributed by atoms with Crippen molar-refractivity contribution in [1.29, 1.82) is 0 Å². The van der Waals surface area contributed by atoms with E-state index >= 15 is 0 Å². The highest BCUT2D eigenvalue weighted by molar-refractivity contribution is 7.88. The Kier molecular flexibility index (Phi) is 5.32. The first-order valence-electron chi connectivity index (χ1n) is 8.41. The number of carbonyl (C=O) groups excluding carboxylic acids is 1. The normalized spacial score (nSPS) is 26.3. The van der Waals surface area contributed by atoms with Crippen LogP contribution in [0.1, 0.15) is 30.4 Å². The lowest BCUT2D eigenvalue weighted by molar-refractivity contribution is -0.132. The van der Waals surface area contributed by atoms with Crippen molar-refractivity contribution in [3.8, 4) is 0 Å². The van der Waals surface area contributed by atoms with Crippen molar-refractivity contribution in [2.24, 2.45) is 0 Å². The van der Waals surface area contributed by atoms with Crippen LogP contribution in [-0.4, -0.2) is 62.4 Å². The van der Waals surface area contributed by atoms with Crippen LogP contribution in [0, 0.1) is 0 Å². The van der Waals surface area contributed by atoms with Gasteiger partial charge in [-0.1, -0.05) is 24.3 Å². The Bertz CT molecular complexity index is 767. The van der Waals surface area contributed by atoms with Crippen molar-refractivity contribution < 1.29 is 26.7 Å². The molecule has 26 heavy (non-hydrogen) atoms. The molecule has 2 saturated heterocycles. The average Bonchev–Trinajstić information content (AvgIpc) is 3.14. The van der Waals surface area contributed by atoms with Crippen LogP contribution in [-0.2, 0) is 25.3 Å². The molecule has 0 aliphatic carbocycles. The van der Waals surface area contributed by atoms with E-state index < -0.39 is 22.5 Å². The van der Waals surface area contributed by atoms with Gasteiger partial charge in [-0.25, -0.2) is 17.2 Å². The number of nitrogens with zero attached hydrogens (tertiary/aromatic N) is 2. The summed E-state index contributed by atoms with van der Waals surface area (Å²) in [5.74, 6) is -0.614. The van der Waals surface area contributed by atoms with Gasteiger partial charge in [-0.3, -0.25) is 4.79 Å². The van der Waals surface area contributed by atoms with Crippen LogP contribution in [0.5, 0.6) is 0 Å². The van der Waals surface area contributed by atoms with E-state index in [1.807, 2.05) is 0 Å². The Labute approximate surface area is 151 Å².